The summed E-state index contributed by atoms with van der Waals surface area (Å²) in [5, 5.41) is 0. The van der Waals surface area contributed by atoms with Gasteiger partial charge < -0.3 is 19.3 Å². The Hall–Kier alpha value is -2.01. The summed E-state index contributed by atoms with van der Waals surface area (Å²) < 4.78 is 13.4. The van der Waals surface area contributed by atoms with Crippen LogP contribution in [0.4, 0.5) is 0 Å². The SMILES string of the molecule is CCCCCC(C)CCc1cc(OC(=O)CCCN2CCCCC2C)c2c(c1)OC(CC)(CC)C1=C2C2CCN1CC2. The first-order valence-corrected chi connectivity index (χ1v) is 17.7. The number of hydrogen-bond acceptors (Lipinski definition) is 5. The molecule has 2 fully saturated rings. The van der Waals surface area contributed by atoms with E-state index in [1.54, 1.807) is 0 Å². The lowest BCUT2D eigenvalue weighted by atomic mass is 9.71. The molecule has 0 amide bonds. The van der Waals surface area contributed by atoms with Crippen LogP contribution in [0.5, 0.6) is 11.5 Å². The maximum Gasteiger partial charge on any atom is 0.311 e. The van der Waals surface area contributed by atoms with Crippen LogP contribution in [0.3, 0.4) is 0 Å². The summed E-state index contributed by atoms with van der Waals surface area (Å²) in [4.78, 5) is 18.5. The number of unbranched alkanes of at least 4 members (excludes halogenated alkanes) is 2. The average molecular weight is 579 g/mol. The Kier molecular flexibility index (Phi) is 10.6. The molecule has 42 heavy (non-hydrogen) atoms. The van der Waals surface area contributed by atoms with Gasteiger partial charge in [0, 0.05) is 25.6 Å². The molecule has 2 atom stereocenters. The van der Waals surface area contributed by atoms with Crippen molar-refractivity contribution < 1.29 is 14.3 Å². The van der Waals surface area contributed by atoms with Crippen molar-refractivity contribution in [3.05, 3.63) is 29.0 Å². The second-order valence-corrected chi connectivity index (χ2v) is 13.9. The number of nitrogens with zero attached hydrogens (tertiary/aromatic N) is 2. The van der Waals surface area contributed by atoms with Crippen molar-refractivity contribution in [3.8, 4) is 11.5 Å². The molecule has 5 nitrogen and oxygen atoms in total. The van der Waals surface area contributed by atoms with E-state index in [2.05, 4.69) is 56.6 Å². The van der Waals surface area contributed by atoms with E-state index in [9.17, 15) is 4.79 Å². The van der Waals surface area contributed by atoms with E-state index in [0.29, 0.717) is 24.3 Å². The highest BCUT2D eigenvalue weighted by molar-refractivity contribution is 5.85. The molecule has 5 heterocycles. The molecular weight excluding hydrogens is 520 g/mol. The van der Waals surface area contributed by atoms with Crippen molar-refractivity contribution in [2.75, 3.05) is 26.2 Å². The van der Waals surface area contributed by atoms with E-state index in [4.69, 9.17) is 9.47 Å². The molecule has 5 heteroatoms. The van der Waals surface area contributed by atoms with Crippen LogP contribution in [-0.4, -0.2) is 53.6 Å². The minimum Gasteiger partial charge on any atom is -0.480 e. The molecule has 2 unspecified atom stereocenters. The van der Waals surface area contributed by atoms with Crippen LogP contribution in [0.1, 0.15) is 136 Å². The molecule has 0 saturated carbocycles. The standard InChI is InChI=1S/C37H58N2O3/c1-6-9-10-14-27(4)17-18-29-25-31(41-33(40)16-13-22-38-21-12-11-15-28(38)5)35-32(26-29)42-37(7-2,8-3)36-34(35)30-19-23-39(36)24-20-30/h25-28,30H,6-24H2,1-5H3. The first-order valence-electron chi connectivity index (χ1n) is 17.7. The van der Waals surface area contributed by atoms with Gasteiger partial charge in [0.05, 0.1) is 11.3 Å². The van der Waals surface area contributed by atoms with Gasteiger partial charge in [-0.3, -0.25) is 4.79 Å². The van der Waals surface area contributed by atoms with Crippen LogP contribution in [0.15, 0.2) is 17.8 Å². The predicted octanol–water partition coefficient (Wildman–Crippen LogP) is 8.78. The van der Waals surface area contributed by atoms with E-state index < -0.39 is 0 Å². The summed E-state index contributed by atoms with van der Waals surface area (Å²) in [6, 6.07) is 5.11. The van der Waals surface area contributed by atoms with E-state index >= 15 is 0 Å². The van der Waals surface area contributed by atoms with Gasteiger partial charge in [0.1, 0.15) is 17.1 Å². The lowest BCUT2D eigenvalue weighted by molar-refractivity contribution is -0.134. The van der Waals surface area contributed by atoms with Crippen molar-refractivity contribution >= 4 is 11.5 Å². The first kappa shape index (κ1) is 31.4. The number of likely N-dealkylation sites (tertiary alicyclic amines) is 1. The van der Waals surface area contributed by atoms with Gasteiger partial charge in [-0.15, -0.1) is 0 Å². The van der Waals surface area contributed by atoms with Gasteiger partial charge in [-0.1, -0.05) is 59.8 Å². The fourth-order valence-electron chi connectivity index (χ4n) is 8.20. The van der Waals surface area contributed by atoms with Crippen LogP contribution >= 0.6 is 0 Å². The van der Waals surface area contributed by atoms with Gasteiger partial charge in [0.2, 0.25) is 0 Å². The quantitative estimate of drug-likeness (QED) is 0.125. The fraction of sp³-hybridized carbons (Fsp3) is 0.757. The number of hydrogen-bond donors (Lipinski definition) is 0. The number of ether oxygens (including phenoxy) is 2. The number of piperidine rings is 2. The highest BCUT2D eigenvalue weighted by Crippen LogP contribution is 2.56. The lowest BCUT2D eigenvalue weighted by Gasteiger charge is -2.53. The van der Waals surface area contributed by atoms with Crippen molar-refractivity contribution in [1.29, 1.82) is 0 Å². The van der Waals surface area contributed by atoms with E-state index in [0.717, 1.165) is 75.3 Å². The van der Waals surface area contributed by atoms with E-state index in [1.165, 1.54) is 74.6 Å². The third-order valence-corrected chi connectivity index (χ3v) is 11.0. The number of benzene rings is 1. The first-order chi connectivity index (χ1) is 20.4. The Morgan fingerprint density at radius 3 is 2.52 bits per heavy atom. The van der Waals surface area contributed by atoms with Gasteiger partial charge in [-0.25, -0.2) is 0 Å². The summed E-state index contributed by atoms with van der Waals surface area (Å²) in [7, 11) is 0. The van der Waals surface area contributed by atoms with Crippen LogP contribution < -0.4 is 9.47 Å². The Morgan fingerprint density at radius 1 is 1.02 bits per heavy atom. The fourth-order valence-corrected chi connectivity index (χ4v) is 8.20. The zero-order valence-electron chi connectivity index (χ0n) is 27.4. The van der Waals surface area contributed by atoms with Gasteiger partial charge in [-0.2, -0.15) is 0 Å². The maximum atomic E-state index is 13.4. The third kappa shape index (κ3) is 6.71. The van der Waals surface area contributed by atoms with Crippen molar-refractivity contribution in [2.45, 2.75) is 143 Å². The zero-order valence-corrected chi connectivity index (χ0v) is 27.4. The summed E-state index contributed by atoms with van der Waals surface area (Å²) in [5.74, 6) is 2.82. The number of fused-ring (bicyclic) bond motifs is 3. The molecule has 234 valence electrons. The largest absolute Gasteiger partial charge is 0.480 e. The highest BCUT2D eigenvalue weighted by Gasteiger charge is 2.49. The predicted molar refractivity (Wildman–Crippen MR) is 173 cm³/mol. The number of carbonyl (C=O) groups excluding carboxylic acids is 1. The molecule has 1 aromatic rings. The van der Waals surface area contributed by atoms with Crippen molar-refractivity contribution in [1.82, 2.24) is 9.80 Å². The Labute approximate surface area is 256 Å². The molecule has 1 aromatic carbocycles. The molecular formula is C37H58N2O3. The number of rotatable bonds is 14. The number of carbonyl (C=O) groups is 1. The molecule has 0 N–H and O–H groups in total. The normalized spacial score (nSPS) is 22.5. The second kappa shape index (κ2) is 14.2. The molecule has 0 spiro atoms. The number of aryl methyl sites for hydroxylation is 1. The number of esters is 1. The Bertz CT molecular complexity index is 1100. The molecule has 6 rings (SSSR count). The average Bonchev–Trinajstić information content (AvgIpc) is 3.01. The van der Waals surface area contributed by atoms with Crippen molar-refractivity contribution in [2.24, 2.45) is 11.8 Å². The monoisotopic (exact) mass is 578 g/mol. The Balaban J connectivity index is 1.41. The minimum absolute atomic E-state index is 0.0989. The van der Waals surface area contributed by atoms with E-state index in [1.807, 2.05) is 0 Å². The number of allylic oxidation sites excluding steroid dienone is 1. The lowest BCUT2D eigenvalue weighted by Crippen LogP contribution is -2.53. The van der Waals surface area contributed by atoms with Crippen LogP contribution in [0, 0.1) is 11.8 Å². The summed E-state index contributed by atoms with van der Waals surface area (Å²) >= 11 is 0. The van der Waals surface area contributed by atoms with Gasteiger partial charge >= 0.3 is 5.97 Å². The van der Waals surface area contributed by atoms with Crippen LogP contribution in [0.2, 0.25) is 0 Å². The molecule has 5 aliphatic rings. The minimum atomic E-state index is -0.292. The van der Waals surface area contributed by atoms with E-state index in [-0.39, 0.29) is 11.6 Å². The highest BCUT2D eigenvalue weighted by atomic mass is 16.5. The molecule has 0 aromatic heterocycles. The third-order valence-electron chi connectivity index (χ3n) is 11.0. The van der Waals surface area contributed by atoms with Gasteiger partial charge in [0.15, 0.2) is 0 Å². The molecule has 0 radical (unpaired) electrons. The van der Waals surface area contributed by atoms with Crippen LogP contribution in [0.25, 0.3) is 5.57 Å². The summed E-state index contributed by atoms with van der Waals surface area (Å²) in [6.45, 7) is 15.9. The summed E-state index contributed by atoms with van der Waals surface area (Å²) in [6.07, 6.45) is 16.8. The summed E-state index contributed by atoms with van der Waals surface area (Å²) in [5.41, 5.74) is 4.83. The van der Waals surface area contributed by atoms with Crippen molar-refractivity contribution in [3.63, 3.8) is 0 Å². The smallest absolute Gasteiger partial charge is 0.311 e. The molecule has 5 aliphatic heterocycles. The van der Waals surface area contributed by atoms with Gasteiger partial charge in [0.25, 0.3) is 0 Å². The zero-order chi connectivity index (χ0) is 29.7. The maximum absolute atomic E-state index is 13.4. The van der Waals surface area contributed by atoms with Gasteiger partial charge in [-0.05, 0) is 113 Å². The van der Waals surface area contributed by atoms with Crippen LogP contribution in [-0.2, 0) is 11.2 Å². The second-order valence-electron chi connectivity index (χ2n) is 13.9. The molecule has 0 aliphatic carbocycles. The Morgan fingerprint density at radius 2 is 1.81 bits per heavy atom. The topological polar surface area (TPSA) is 42.0 Å². The molecule has 2 saturated heterocycles. The molecule has 2 bridgehead atoms.